The molecule has 0 aliphatic heterocycles. The molecule has 3 aromatic rings. The molecule has 1 heterocycles. The number of amides is 1. The van der Waals surface area contributed by atoms with Gasteiger partial charge in [0.05, 0.1) is 0 Å². The molecule has 0 aliphatic rings. The van der Waals surface area contributed by atoms with Gasteiger partial charge in [-0.05, 0) is 30.5 Å². The van der Waals surface area contributed by atoms with Gasteiger partial charge in [0, 0.05) is 29.6 Å². The van der Waals surface area contributed by atoms with Gasteiger partial charge >= 0.3 is 0 Å². The third kappa shape index (κ3) is 3.62. The van der Waals surface area contributed by atoms with E-state index in [1.165, 1.54) is 16.5 Å². The van der Waals surface area contributed by atoms with Crippen molar-refractivity contribution in [1.29, 1.82) is 0 Å². The predicted molar refractivity (Wildman–Crippen MR) is 94.2 cm³/mol. The average molecular weight is 306 g/mol. The fraction of sp³-hybridized carbons (Fsp3) is 0.250. The monoisotopic (exact) mass is 306 g/mol. The maximum atomic E-state index is 12.3. The van der Waals surface area contributed by atoms with E-state index in [2.05, 4.69) is 53.6 Å². The molecule has 3 rings (SSSR count). The number of rotatable bonds is 5. The van der Waals surface area contributed by atoms with Crippen molar-refractivity contribution in [1.82, 2.24) is 10.3 Å². The summed E-state index contributed by atoms with van der Waals surface area (Å²) in [5.41, 5.74) is 4.67. The second-order valence-corrected chi connectivity index (χ2v) is 6.17. The molecule has 0 saturated heterocycles. The molecular formula is C20H22N2O. The molecule has 1 aromatic heterocycles. The third-order valence-corrected chi connectivity index (χ3v) is 4.24. The highest BCUT2D eigenvalue weighted by molar-refractivity contribution is 5.84. The van der Waals surface area contributed by atoms with E-state index in [-0.39, 0.29) is 11.8 Å². The van der Waals surface area contributed by atoms with Gasteiger partial charge in [0.25, 0.3) is 0 Å². The predicted octanol–water partition coefficient (Wildman–Crippen LogP) is 3.97. The van der Waals surface area contributed by atoms with Crippen molar-refractivity contribution in [2.75, 3.05) is 0 Å². The first-order chi connectivity index (χ1) is 11.1. The number of benzene rings is 2. The van der Waals surface area contributed by atoms with Crippen LogP contribution in [0.4, 0.5) is 0 Å². The number of hydrogen-bond donors (Lipinski definition) is 2. The number of aromatic nitrogens is 1. The standard InChI is InChI=1S/C20H22N2O/c1-14-7-9-16(10-8-14)12-22-20(23)15(2)11-17-13-21-19-6-4-3-5-18(17)19/h3-10,13,15,21H,11-12H2,1-2H3,(H,22,23). The lowest BCUT2D eigenvalue weighted by atomic mass is 10.00. The number of fused-ring (bicyclic) bond motifs is 1. The first-order valence-corrected chi connectivity index (χ1v) is 8.02. The molecule has 0 saturated carbocycles. The molecule has 1 atom stereocenters. The summed E-state index contributed by atoms with van der Waals surface area (Å²) in [6, 6.07) is 16.4. The Labute approximate surface area is 136 Å². The van der Waals surface area contributed by atoms with Gasteiger partial charge in [0.2, 0.25) is 5.91 Å². The van der Waals surface area contributed by atoms with Crippen molar-refractivity contribution in [2.45, 2.75) is 26.8 Å². The number of carbonyl (C=O) groups excluding carboxylic acids is 1. The topological polar surface area (TPSA) is 44.9 Å². The molecule has 0 fully saturated rings. The SMILES string of the molecule is Cc1ccc(CNC(=O)C(C)Cc2c[nH]c3ccccc23)cc1. The van der Waals surface area contributed by atoms with Crippen LogP contribution in [0.5, 0.6) is 0 Å². The van der Waals surface area contributed by atoms with Crippen LogP contribution in [0.15, 0.2) is 54.7 Å². The molecule has 3 heteroatoms. The number of carbonyl (C=O) groups is 1. The Balaban J connectivity index is 1.60. The molecule has 118 valence electrons. The van der Waals surface area contributed by atoms with Crippen LogP contribution in [0.25, 0.3) is 10.9 Å². The third-order valence-electron chi connectivity index (χ3n) is 4.24. The minimum Gasteiger partial charge on any atom is -0.361 e. The Bertz CT molecular complexity index is 802. The highest BCUT2D eigenvalue weighted by Crippen LogP contribution is 2.20. The zero-order chi connectivity index (χ0) is 16.2. The van der Waals surface area contributed by atoms with Gasteiger partial charge in [-0.25, -0.2) is 0 Å². The van der Waals surface area contributed by atoms with Crippen LogP contribution in [0.1, 0.15) is 23.6 Å². The highest BCUT2D eigenvalue weighted by atomic mass is 16.1. The molecule has 0 spiro atoms. The molecule has 23 heavy (non-hydrogen) atoms. The molecule has 3 nitrogen and oxygen atoms in total. The smallest absolute Gasteiger partial charge is 0.223 e. The van der Waals surface area contributed by atoms with Crippen molar-refractivity contribution >= 4 is 16.8 Å². The van der Waals surface area contributed by atoms with E-state index in [0.717, 1.165) is 17.5 Å². The van der Waals surface area contributed by atoms with Crippen molar-refractivity contribution in [3.8, 4) is 0 Å². The van der Waals surface area contributed by atoms with Crippen LogP contribution >= 0.6 is 0 Å². The molecule has 1 amide bonds. The minimum atomic E-state index is -0.0559. The van der Waals surface area contributed by atoms with E-state index in [4.69, 9.17) is 0 Å². The van der Waals surface area contributed by atoms with E-state index in [1.807, 2.05) is 25.3 Å². The van der Waals surface area contributed by atoms with E-state index in [0.29, 0.717) is 6.54 Å². The van der Waals surface area contributed by atoms with Crippen molar-refractivity contribution in [3.63, 3.8) is 0 Å². The largest absolute Gasteiger partial charge is 0.361 e. The van der Waals surface area contributed by atoms with Crippen LogP contribution in [0.3, 0.4) is 0 Å². The Hall–Kier alpha value is -2.55. The Kier molecular flexibility index (Phi) is 4.47. The first-order valence-electron chi connectivity index (χ1n) is 8.02. The molecule has 0 bridgehead atoms. The summed E-state index contributed by atoms with van der Waals surface area (Å²) < 4.78 is 0. The highest BCUT2D eigenvalue weighted by Gasteiger charge is 2.15. The van der Waals surface area contributed by atoms with Crippen molar-refractivity contribution in [3.05, 3.63) is 71.4 Å². The summed E-state index contributed by atoms with van der Waals surface area (Å²) >= 11 is 0. The van der Waals surface area contributed by atoms with Crippen LogP contribution in [0, 0.1) is 12.8 Å². The molecular weight excluding hydrogens is 284 g/mol. The number of H-pyrrole nitrogens is 1. The van der Waals surface area contributed by atoms with E-state index in [1.54, 1.807) is 0 Å². The zero-order valence-electron chi connectivity index (χ0n) is 13.6. The second-order valence-electron chi connectivity index (χ2n) is 6.17. The number of aryl methyl sites for hydroxylation is 1. The van der Waals surface area contributed by atoms with Crippen LogP contribution in [-0.2, 0) is 17.8 Å². The Morgan fingerprint density at radius 1 is 1.13 bits per heavy atom. The quantitative estimate of drug-likeness (QED) is 0.736. The van der Waals surface area contributed by atoms with Gasteiger partial charge in [0.15, 0.2) is 0 Å². The van der Waals surface area contributed by atoms with Gasteiger partial charge in [-0.15, -0.1) is 0 Å². The van der Waals surface area contributed by atoms with Crippen LogP contribution in [0.2, 0.25) is 0 Å². The average Bonchev–Trinajstić information content (AvgIpc) is 2.97. The van der Waals surface area contributed by atoms with Crippen LogP contribution < -0.4 is 5.32 Å². The minimum absolute atomic E-state index is 0.0559. The summed E-state index contributed by atoms with van der Waals surface area (Å²) in [5, 5.41) is 4.23. The van der Waals surface area contributed by atoms with Gasteiger partial charge < -0.3 is 10.3 Å². The lowest BCUT2D eigenvalue weighted by Crippen LogP contribution is -2.29. The summed E-state index contributed by atoms with van der Waals surface area (Å²) in [7, 11) is 0. The number of nitrogens with one attached hydrogen (secondary N) is 2. The number of hydrogen-bond acceptors (Lipinski definition) is 1. The fourth-order valence-electron chi connectivity index (χ4n) is 2.79. The lowest BCUT2D eigenvalue weighted by Gasteiger charge is -2.12. The Morgan fingerprint density at radius 3 is 2.65 bits per heavy atom. The van der Waals surface area contributed by atoms with E-state index >= 15 is 0 Å². The molecule has 1 unspecified atom stereocenters. The van der Waals surface area contributed by atoms with Crippen molar-refractivity contribution < 1.29 is 4.79 Å². The maximum absolute atomic E-state index is 12.3. The van der Waals surface area contributed by atoms with Gasteiger partial charge in [0.1, 0.15) is 0 Å². The van der Waals surface area contributed by atoms with Gasteiger partial charge in [-0.1, -0.05) is 55.0 Å². The van der Waals surface area contributed by atoms with Gasteiger partial charge in [-0.3, -0.25) is 4.79 Å². The summed E-state index contributed by atoms with van der Waals surface area (Å²) in [4.78, 5) is 15.6. The molecule has 2 N–H and O–H groups in total. The van der Waals surface area contributed by atoms with Crippen LogP contribution in [-0.4, -0.2) is 10.9 Å². The first kappa shape index (κ1) is 15.3. The maximum Gasteiger partial charge on any atom is 0.223 e. The number of aromatic amines is 1. The van der Waals surface area contributed by atoms with E-state index < -0.39 is 0 Å². The number of para-hydroxylation sites is 1. The lowest BCUT2D eigenvalue weighted by molar-refractivity contribution is -0.124. The molecule has 0 aliphatic carbocycles. The zero-order valence-corrected chi connectivity index (χ0v) is 13.6. The summed E-state index contributed by atoms with van der Waals surface area (Å²) in [5.74, 6) is 0.0375. The van der Waals surface area contributed by atoms with Gasteiger partial charge in [-0.2, -0.15) is 0 Å². The second kappa shape index (κ2) is 6.69. The van der Waals surface area contributed by atoms with E-state index in [9.17, 15) is 4.79 Å². The molecule has 2 aromatic carbocycles. The fourth-order valence-corrected chi connectivity index (χ4v) is 2.79. The molecule has 0 radical (unpaired) electrons. The Morgan fingerprint density at radius 2 is 1.87 bits per heavy atom. The normalized spacial score (nSPS) is 12.3. The summed E-state index contributed by atoms with van der Waals surface area (Å²) in [6.07, 6.45) is 2.75. The van der Waals surface area contributed by atoms with Crippen molar-refractivity contribution in [2.24, 2.45) is 5.92 Å². The summed E-state index contributed by atoms with van der Waals surface area (Å²) in [6.45, 7) is 4.62.